The Morgan fingerprint density at radius 1 is 1.33 bits per heavy atom. The highest BCUT2D eigenvalue weighted by Crippen LogP contribution is 2.32. The predicted molar refractivity (Wildman–Crippen MR) is 84.5 cm³/mol. The highest BCUT2D eigenvalue weighted by atomic mass is 32.2. The molecule has 18 heavy (non-hydrogen) atoms. The van der Waals surface area contributed by atoms with Crippen molar-refractivity contribution < 1.29 is 0 Å². The fourth-order valence-electron chi connectivity index (χ4n) is 2.65. The van der Waals surface area contributed by atoms with Crippen molar-refractivity contribution in [1.29, 1.82) is 0 Å². The Kier molecular flexibility index (Phi) is 6.49. The molecule has 1 aliphatic rings. The summed E-state index contributed by atoms with van der Waals surface area (Å²) in [6.07, 6.45) is 2.49. The summed E-state index contributed by atoms with van der Waals surface area (Å²) in [5.41, 5.74) is 0.424. The number of nitrogens with zero attached hydrogens (tertiary/aromatic N) is 1. The van der Waals surface area contributed by atoms with E-state index < -0.39 is 0 Å². The molecule has 0 aromatic carbocycles. The Morgan fingerprint density at radius 3 is 2.61 bits per heavy atom. The van der Waals surface area contributed by atoms with Crippen molar-refractivity contribution in [3.8, 4) is 0 Å². The van der Waals surface area contributed by atoms with Crippen LogP contribution in [0.25, 0.3) is 0 Å². The van der Waals surface area contributed by atoms with Crippen LogP contribution in [-0.2, 0) is 0 Å². The molecular formula is C15H32N2S. The third-order valence-electron chi connectivity index (χ3n) is 3.94. The molecule has 1 heterocycles. The summed E-state index contributed by atoms with van der Waals surface area (Å²) in [4.78, 5) is 2.67. The summed E-state index contributed by atoms with van der Waals surface area (Å²) < 4.78 is 0.434. The van der Waals surface area contributed by atoms with Crippen molar-refractivity contribution >= 4 is 11.8 Å². The molecule has 0 radical (unpaired) electrons. The number of hydrogen-bond acceptors (Lipinski definition) is 3. The standard InChI is InChI=1S/C15H32N2S/c1-6-8-16-11-15(5,7-2)13-17-9-10-18-14(3,4)12-17/h16H,6-13H2,1-5H3. The van der Waals surface area contributed by atoms with Crippen molar-refractivity contribution in [1.82, 2.24) is 10.2 Å². The second kappa shape index (κ2) is 7.16. The van der Waals surface area contributed by atoms with E-state index in [9.17, 15) is 0 Å². The van der Waals surface area contributed by atoms with E-state index in [1.165, 1.54) is 38.2 Å². The molecule has 1 saturated heterocycles. The summed E-state index contributed by atoms with van der Waals surface area (Å²) in [6.45, 7) is 17.8. The van der Waals surface area contributed by atoms with Crippen LogP contribution >= 0.6 is 11.8 Å². The molecule has 2 nitrogen and oxygen atoms in total. The van der Waals surface area contributed by atoms with E-state index in [1.54, 1.807) is 0 Å². The van der Waals surface area contributed by atoms with Gasteiger partial charge in [0.25, 0.3) is 0 Å². The molecule has 1 atom stereocenters. The largest absolute Gasteiger partial charge is 0.316 e. The van der Waals surface area contributed by atoms with E-state index in [2.05, 4.69) is 56.6 Å². The van der Waals surface area contributed by atoms with Crippen LogP contribution in [0.1, 0.15) is 47.5 Å². The van der Waals surface area contributed by atoms with Crippen LogP contribution in [0.3, 0.4) is 0 Å². The zero-order valence-electron chi connectivity index (χ0n) is 13.0. The minimum absolute atomic E-state index is 0.424. The van der Waals surface area contributed by atoms with E-state index in [0.717, 1.165) is 13.1 Å². The molecule has 1 rings (SSSR count). The molecule has 0 aromatic heterocycles. The van der Waals surface area contributed by atoms with Gasteiger partial charge in [-0.1, -0.05) is 20.8 Å². The predicted octanol–water partition coefficient (Wildman–Crippen LogP) is 3.23. The summed E-state index contributed by atoms with van der Waals surface area (Å²) in [5.74, 6) is 1.29. The average molecular weight is 273 g/mol. The summed E-state index contributed by atoms with van der Waals surface area (Å²) in [7, 11) is 0. The molecule has 1 unspecified atom stereocenters. The van der Waals surface area contributed by atoms with Gasteiger partial charge < -0.3 is 10.2 Å². The van der Waals surface area contributed by atoms with Crippen LogP contribution in [0.5, 0.6) is 0 Å². The van der Waals surface area contributed by atoms with Crippen LogP contribution in [-0.4, -0.2) is 48.1 Å². The second-order valence-electron chi connectivity index (χ2n) is 6.66. The van der Waals surface area contributed by atoms with Gasteiger partial charge in [0.1, 0.15) is 0 Å². The third kappa shape index (κ3) is 5.50. The number of rotatable bonds is 7. The van der Waals surface area contributed by atoms with Gasteiger partial charge >= 0.3 is 0 Å². The minimum atomic E-state index is 0.424. The molecule has 0 amide bonds. The zero-order chi connectivity index (χ0) is 13.6. The first kappa shape index (κ1) is 16.3. The van der Waals surface area contributed by atoms with Gasteiger partial charge in [0.2, 0.25) is 0 Å². The minimum Gasteiger partial charge on any atom is -0.316 e. The van der Waals surface area contributed by atoms with E-state index in [0.29, 0.717) is 10.2 Å². The normalized spacial score (nSPS) is 23.8. The third-order valence-corrected chi connectivity index (χ3v) is 5.24. The van der Waals surface area contributed by atoms with Crippen molar-refractivity contribution in [2.75, 3.05) is 38.5 Å². The van der Waals surface area contributed by atoms with Crippen LogP contribution in [0.2, 0.25) is 0 Å². The van der Waals surface area contributed by atoms with E-state index in [1.807, 2.05) is 0 Å². The zero-order valence-corrected chi connectivity index (χ0v) is 13.8. The van der Waals surface area contributed by atoms with E-state index in [4.69, 9.17) is 0 Å². The summed E-state index contributed by atoms with van der Waals surface area (Å²) in [5, 5.41) is 3.61. The summed E-state index contributed by atoms with van der Waals surface area (Å²) >= 11 is 2.12. The van der Waals surface area contributed by atoms with E-state index in [-0.39, 0.29) is 0 Å². The molecule has 1 aliphatic heterocycles. The first-order valence-corrected chi connectivity index (χ1v) is 8.46. The molecule has 1 N–H and O–H groups in total. The van der Waals surface area contributed by atoms with Crippen molar-refractivity contribution in [3.05, 3.63) is 0 Å². The fraction of sp³-hybridized carbons (Fsp3) is 1.00. The molecule has 0 bridgehead atoms. The lowest BCUT2D eigenvalue weighted by Crippen LogP contribution is -2.49. The Balaban J connectivity index is 2.45. The van der Waals surface area contributed by atoms with Gasteiger partial charge in [-0.25, -0.2) is 0 Å². The van der Waals surface area contributed by atoms with Crippen molar-refractivity contribution in [3.63, 3.8) is 0 Å². The van der Waals surface area contributed by atoms with Crippen LogP contribution in [0, 0.1) is 5.41 Å². The highest BCUT2D eigenvalue weighted by molar-refractivity contribution is 8.00. The van der Waals surface area contributed by atoms with Crippen molar-refractivity contribution in [2.45, 2.75) is 52.2 Å². The molecular weight excluding hydrogens is 240 g/mol. The Bertz CT molecular complexity index is 243. The number of nitrogens with one attached hydrogen (secondary N) is 1. The fourth-order valence-corrected chi connectivity index (χ4v) is 3.82. The lowest BCUT2D eigenvalue weighted by atomic mass is 9.86. The topological polar surface area (TPSA) is 15.3 Å². The second-order valence-corrected chi connectivity index (χ2v) is 8.46. The highest BCUT2D eigenvalue weighted by Gasteiger charge is 2.31. The smallest absolute Gasteiger partial charge is 0.0231 e. The van der Waals surface area contributed by atoms with Gasteiger partial charge in [-0.15, -0.1) is 0 Å². The van der Waals surface area contributed by atoms with Gasteiger partial charge in [-0.05, 0) is 38.6 Å². The maximum atomic E-state index is 3.61. The van der Waals surface area contributed by atoms with Gasteiger partial charge in [0.15, 0.2) is 0 Å². The number of thioether (sulfide) groups is 1. The van der Waals surface area contributed by atoms with Crippen LogP contribution in [0.15, 0.2) is 0 Å². The quantitative estimate of drug-likeness (QED) is 0.716. The van der Waals surface area contributed by atoms with Gasteiger partial charge in [0.05, 0.1) is 0 Å². The molecule has 0 saturated carbocycles. The Labute approximate surface area is 118 Å². The molecule has 0 aliphatic carbocycles. The maximum Gasteiger partial charge on any atom is 0.0231 e. The lowest BCUT2D eigenvalue weighted by Gasteiger charge is -2.42. The van der Waals surface area contributed by atoms with Crippen LogP contribution in [0.4, 0.5) is 0 Å². The average Bonchev–Trinajstić information content (AvgIpc) is 2.28. The van der Waals surface area contributed by atoms with Gasteiger partial charge in [0, 0.05) is 36.7 Å². The monoisotopic (exact) mass is 272 g/mol. The molecule has 0 aromatic rings. The first-order chi connectivity index (χ1) is 8.41. The Morgan fingerprint density at radius 2 is 2.06 bits per heavy atom. The Hall–Kier alpha value is 0.270. The van der Waals surface area contributed by atoms with Gasteiger partial charge in [-0.3, -0.25) is 0 Å². The molecule has 108 valence electrons. The molecule has 3 heteroatoms. The van der Waals surface area contributed by atoms with Crippen molar-refractivity contribution in [2.24, 2.45) is 5.41 Å². The van der Waals surface area contributed by atoms with Crippen LogP contribution < -0.4 is 5.32 Å². The molecule has 1 fully saturated rings. The SMILES string of the molecule is CCCNCC(C)(CC)CN1CCSC(C)(C)C1. The summed E-state index contributed by atoms with van der Waals surface area (Å²) in [6, 6.07) is 0. The van der Waals surface area contributed by atoms with E-state index >= 15 is 0 Å². The first-order valence-electron chi connectivity index (χ1n) is 7.48. The maximum absolute atomic E-state index is 3.61. The van der Waals surface area contributed by atoms with Gasteiger partial charge in [-0.2, -0.15) is 11.8 Å². The lowest BCUT2D eigenvalue weighted by molar-refractivity contribution is 0.150. The molecule has 0 spiro atoms. The number of hydrogen-bond donors (Lipinski definition) is 1.